The Hall–Kier alpha value is -3.14. The second-order valence-electron chi connectivity index (χ2n) is 9.66. The summed E-state index contributed by atoms with van der Waals surface area (Å²) in [5, 5.41) is 4.03. The highest BCUT2D eigenvalue weighted by atomic mass is 35.5. The van der Waals surface area contributed by atoms with Crippen molar-refractivity contribution in [3.63, 3.8) is 0 Å². The Morgan fingerprint density at radius 2 is 1.77 bits per heavy atom. The summed E-state index contributed by atoms with van der Waals surface area (Å²) in [6, 6.07) is 9.52. The summed E-state index contributed by atoms with van der Waals surface area (Å²) >= 11 is 5.73. The van der Waals surface area contributed by atoms with Crippen LogP contribution in [0.1, 0.15) is 33.5 Å². The number of rotatable bonds is 5. The van der Waals surface area contributed by atoms with Crippen molar-refractivity contribution in [2.75, 3.05) is 0 Å². The molecule has 1 unspecified atom stereocenters. The Labute approximate surface area is 208 Å². The van der Waals surface area contributed by atoms with Gasteiger partial charge in [-0.25, -0.2) is 0 Å². The molecule has 35 heavy (non-hydrogen) atoms. The second-order valence-corrected chi connectivity index (χ2v) is 10.1. The Balaban J connectivity index is 1.51. The fourth-order valence-corrected chi connectivity index (χ4v) is 4.72. The third-order valence-electron chi connectivity index (χ3n) is 7.07. The van der Waals surface area contributed by atoms with Gasteiger partial charge in [-0.2, -0.15) is 8.78 Å². The molecule has 2 aromatic rings. The molecule has 7 nitrogen and oxygen atoms in total. The van der Waals surface area contributed by atoms with Gasteiger partial charge in [0, 0.05) is 35.7 Å². The number of piperidine rings is 1. The summed E-state index contributed by atoms with van der Waals surface area (Å²) in [6.45, 7) is -0.0698. The first-order chi connectivity index (χ1) is 16.3. The van der Waals surface area contributed by atoms with Crippen LogP contribution in [0.3, 0.4) is 0 Å². The standard InChI is InChI=1S/C22H21B3ClF2N3O4/c23-20(24)8-16(32)30-19(35)22(20,25)31-10-12-7-11(1-6-15(12)17(31)33)9-29-18(34)21(27,28)13-2-4-14(26)5-3-13/h1-7H,8-10,23-25H2,(H,29,34)(H,30,32,35). The second kappa shape index (κ2) is 8.51. The van der Waals surface area contributed by atoms with E-state index in [0.717, 1.165) is 12.1 Å². The predicted molar refractivity (Wildman–Crippen MR) is 132 cm³/mol. The number of amides is 4. The SMILES string of the molecule is BC1(B)CC(=O)NC(=O)C1(B)N1Cc2cc(CNC(=O)C(F)(F)c3ccc(Cl)cc3)ccc2C1=O. The van der Waals surface area contributed by atoms with Crippen LogP contribution in [0.15, 0.2) is 42.5 Å². The first kappa shape index (κ1) is 25.0. The van der Waals surface area contributed by atoms with Crippen LogP contribution in [-0.4, -0.2) is 57.5 Å². The quantitative estimate of drug-likeness (QED) is 0.429. The van der Waals surface area contributed by atoms with Crippen molar-refractivity contribution < 1.29 is 28.0 Å². The molecular weight excluding hydrogens is 476 g/mol. The third-order valence-corrected chi connectivity index (χ3v) is 7.33. The van der Waals surface area contributed by atoms with Crippen LogP contribution in [0, 0.1) is 0 Å². The van der Waals surface area contributed by atoms with Gasteiger partial charge in [0.05, 0.1) is 5.44 Å². The minimum Gasteiger partial charge on any atom is -0.346 e. The Kier molecular flexibility index (Phi) is 6.07. The number of nitrogens with zero attached hydrogens (tertiary/aromatic N) is 1. The highest BCUT2D eigenvalue weighted by molar-refractivity contribution is 6.52. The van der Waals surface area contributed by atoms with E-state index in [0.29, 0.717) is 16.7 Å². The molecule has 13 heteroatoms. The third kappa shape index (κ3) is 4.13. The molecule has 0 aliphatic carbocycles. The summed E-state index contributed by atoms with van der Waals surface area (Å²) in [5.74, 6) is -6.51. The maximum Gasteiger partial charge on any atom is 0.349 e. The molecule has 2 N–H and O–H groups in total. The number of hydrogen-bond donors (Lipinski definition) is 2. The molecule has 1 atom stereocenters. The predicted octanol–water partition coefficient (Wildman–Crippen LogP) is -0.538. The molecule has 1 saturated heterocycles. The fourth-order valence-electron chi connectivity index (χ4n) is 4.59. The minimum absolute atomic E-state index is 0.0779. The number of hydrogen-bond acceptors (Lipinski definition) is 4. The van der Waals surface area contributed by atoms with Gasteiger partial charge in [0.25, 0.3) is 11.8 Å². The van der Waals surface area contributed by atoms with Gasteiger partial charge < -0.3 is 10.2 Å². The zero-order chi connectivity index (χ0) is 25.8. The fraction of sp³-hybridized carbons (Fsp3) is 0.273. The van der Waals surface area contributed by atoms with Crippen LogP contribution in [-0.2, 0) is 33.4 Å². The largest absolute Gasteiger partial charge is 0.349 e. The smallest absolute Gasteiger partial charge is 0.346 e. The van der Waals surface area contributed by atoms with Gasteiger partial charge in [-0.15, -0.1) is 0 Å². The lowest BCUT2D eigenvalue weighted by molar-refractivity contribution is -0.147. The van der Waals surface area contributed by atoms with Crippen molar-refractivity contribution in [2.24, 2.45) is 0 Å². The lowest BCUT2D eigenvalue weighted by atomic mass is 9.36. The maximum absolute atomic E-state index is 14.5. The molecule has 4 rings (SSSR count). The monoisotopic (exact) mass is 497 g/mol. The maximum atomic E-state index is 14.5. The molecular formula is C22H21B3ClF2N3O4. The van der Waals surface area contributed by atoms with Crippen LogP contribution in [0.5, 0.6) is 0 Å². The lowest BCUT2D eigenvalue weighted by Crippen LogP contribution is -2.70. The number of fused-ring (bicyclic) bond motifs is 1. The van der Waals surface area contributed by atoms with Gasteiger partial charge in [-0.1, -0.05) is 41.1 Å². The van der Waals surface area contributed by atoms with Crippen LogP contribution < -0.4 is 10.6 Å². The highest BCUT2D eigenvalue weighted by Crippen LogP contribution is 2.44. The molecule has 0 saturated carbocycles. The van der Waals surface area contributed by atoms with Crippen LogP contribution in [0.4, 0.5) is 8.78 Å². The zero-order valence-electron chi connectivity index (χ0n) is 19.4. The normalized spacial score (nSPS) is 21.5. The van der Waals surface area contributed by atoms with Gasteiger partial charge in [0.2, 0.25) is 11.8 Å². The van der Waals surface area contributed by atoms with Gasteiger partial charge in [-0.3, -0.25) is 24.5 Å². The Morgan fingerprint density at radius 3 is 2.40 bits per heavy atom. The van der Waals surface area contributed by atoms with E-state index >= 15 is 0 Å². The summed E-state index contributed by atoms with van der Waals surface area (Å²) in [6.07, 6.45) is 0.0779. The molecule has 178 valence electrons. The molecule has 1 fully saturated rings. The molecule has 0 spiro atoms. The van der Waals surface area contributed by atoms with Gasteiger partial charge in [0.1, 0.15) is 23.5 Å². The van der Waals surface area contributed by atoms with E-state index in [2.05, 4.69) is 10.6 Å². The van der Waals surface area contributed by atoms with E-state index in [9.17, 15) is 28.0 Å². The van der Waals surface area contributed by atoms with E-state index < -0.39 is 39.9 Å². The average Bonchev–Trinajstić information content (AvgIpc) is 3.11. The Morgan fingerprint density at radius 1 is 1.11 bits per heavy atom. The molecule has 4 amide bonds. The van der Waals surface area contributed by atoms with Crippen molar-refractivity contribution in [1.29, 1.82) is 0 Å². The lowest BCUT2D eigenvalue weighted by Gasteiger charge is -2.51. The molecule has 2 aliphatic heterocycles. The highest BCUT2D eigenvalue weighted by Gasteiger charge is 2.57. The van der Waals surface area contributed by atoms with Crippen molar-refractivity contribution >= 4 is 58.8 Å². The summed E-state index contributed by atoms with van der Waals surface area (Å²) in [7, 11) is 5.17. The van der Waals surface area contributed by atoms with Crippen LogP contribution in [0.2, 0.25) is 10.2 Å². The first-order valence-corrected chi connectivity index (χ1v) is 11.4. The number of nitrogens with one attached hydrogen (secondary N) is 2. The molecule has 0 aromatic heterocycles. The van der Waals surface area contributed by atoms with Crippen LogP contribution >= 0.6 is 11.6 Å². The van der Waals surface area contributed by atoms with E-state index in [1.165, 1.54) is 17.0 Å². The molecule has 0 bridgehead atoms. The summed E-state index contributed by atoms with van der Waals surface area (Å²) in [4.78, 5) is 51.6. The Bertz CT molecular complexity index is 1260. The summed E-state index contributed by atoms with van der Waals surface area (Å²) < 4.78 is 29.0. The van der Waals surface area contributed by atoms with E-state index in [-0.39, 0.29) is 30.4 Å². The molecule has 2 aliphatic rings. The topological polar surface area (TPSA) is 95.6 Å². The van der Waals surface area contributed by atoms with Crippen LogP contribution in [0.25, 0.3) is 0 Å². The number of halogens is 3. The molecule has 2 heterocycles. The minimum atomic E-state index is -3.75. The van der Waals surface area contributed by atoms with Crippen molar-refractivity contribution in [3.05, 3.63) is 69.7 Å². The van der Waals surface area contributed by atoms with E-state index in [4.69, 9.17) is 11.6 Å². The number of carbonyl (C=O) groups is 4. The molecule has 0 radical (unpaired) electrons. The van der Waals surface area contributed by atoms with Crippen molar-refractivity contribution in [1.82, 2.24) is 15.5 Å². The first-order valence-electron chi connectivity index (χ1n) is 11.0. The number of benzene rings is 2. The van der Waals surface area contributed by atoms with E-state index in [1.54, 1.807) is 41.7 Å². The van der Waals surface area contributed by atoms with Gasteiger partial charge in [0.15, 0.2) is 0 Å². The number of imide groups is 1. The van der Waals surface area contributed by atoms with Gasteiger partial charge in [-0.05, 0) is 29.3 Å². The number of alkyl halides is 2. The van der Waals surface area contributed by atoms with E-state index in [1.807, 2.05) is 0 Å². The number of carbonyl (C=O) groups excluding carboxylic acids is 4. The van der Waals surface area contributed by atoms with Crippen molar-refractivity contribution in [2.45, 2.75) is 36.1 Å². The molecule has 2 aromatic carbocycles. The summed E-state index contributed by atoms with van der Waals surface area (Å²) in [5.41, 5.74) is -0.242. The average molecular weight is 497 g/mol. The van der Waals surface area contributed by atoms with Gasteiger partial charge >= 0.3 is 5.92 Å². The van der Waals surface area contributed by atoms with Crippen molar-refractivity contribution in [3.8, 4) is 0 Å². The zero-order valence-corrected chi connectivity index (χ0v) is 20.1.